The highest BCUT2D eigenvalue weighted by atomic mass is 16.3. The maximum atomic E-state index is 11.0. The van der Waals surface area contributed by atoms with Crippen LogP contribution in [0, 0.1) is 5.41 Å². The molecule has 126 valence electrons. The first-order chi connectivity index (χ1) is 11.3. The number of para-hydroxylation sites is 1. The molecule has 1 heterocycles. The minimum Gasteiger partial charge on any atom is -0.505 e. The van der Waals surface area contributed by atoms with Gasteiger partial charge in [-0.1, -0.05) is 65.3 Å². The first-order valence-electron chi connectivity index (χ1n) is 8.43. The number of phenols is 1. The predicted octanol–water partition coefficient (Wildman–Crippen LogP) is 4.84. The van der Waals surface area contributed by atoms with Crippen LogP contribution in [0.25, 0.3) is 16.7 Å². The number of hydrogen-bond acceptors (Lipinski definition) is 3. The van der Waals surface area contributed by atoms with Crippen LogP contribution in [0.4, 0.5) is 0 Å². The fraction of sp³-hybridized carbons (Fsp3) is 0.400. The van der Waals surface area contributed by atoms with Gasteiger partial charge < -0.3 is 5.11 Å². The molecule has 0 fully saturated rings. The van der Waals surface area contributed by atoms with Crippen molar-refractivity contribution in [2.75, 3.05) is 0 Å². The van der Waals surface area contributed by atoms with Gasteiger partial charge in [0.2, 0.25) is 0 Å². The normalized spacial score (nSPS) is 12.7. The molecule has 0 aliphatic carbocycles. The van der Waals surface area contributed by atoms with Crippen molar-refractivity contribution in [1.82, 2.24) is 15.0 Å². The van der Waals surface area contributed by atoms with Gasteiger partial charge >= 0.3 is 0 Å². The standard InChI is InChI=1S/C20H25N3O/c1-6-19(2,3)20(4,5)14-10-9-13-17(18(14)24)23-21-15-11-7-8-12-16(15)22-23/h7-13,24H,6H2,1-5H3. The maximum Gasteiger partial charge on any atom is 0.146 e. The largest absolute Gasteiger partial charge is 0.505 e. The molecular formula is C20H25N3O. The Morgan fingerprint density at radius 2 is 1.50 bits per heavy atom. The smallest absolute Gasteiger partial charge is 0.146 e. The third-order valence-corrected chi connectivity index (χ3v) is 5.77. The fourth-order valence-electron chi connectivity index (χ4n) is 2.97. The van der Waals surface area contributed by atoms with Gasteiger partial charge in [-0.05, 0) is 29.0 Å². The first-order valence-corrected chi connectivity index (χ1v) is 8.43. The molecule has 4 heteroatoms. The summed E-state index contributed by atoms with van der Waals surface area (Å²) in [5.41, 5.74) is 3.03. The summed E-state index contributed by atoms with van der Waals surface area (Å²) in [6.45, 7) is 11.0. The highest BCUT2D eigenvalue weighted by molar-refractivity contribution is 5.73. The number of aromatic nitrogens is 3. The van der Waals surface area contributed by atoms with Gasteiger partial charge in [0.25, 0.3) is 0 Å². The maximum absolute atomic E-state index is 11.0. The molecule has 0 radical (unpaired) electrons. The van der Waals surface area contributed by atoms with Crippen molar-refractivity contribution in [3.8, 4) is 11.4 Å². The van der Waals surface area contributed by atoms with Gasteiger partial charge in [0.05, 0.1) is 0 Å². The van der Waals surface area contributed by atoms with Crippen LogP contribution in [0.3, 0.4) is 0 Å². The van der Waals surface area contributed by atoms with Crippen molar-refractivity contribution in [3.05, 3.63) is 48.0 Å². The summed E-state index contributed by atoms with van der Waals surface area (Å²) < 4.78 is 0. The number of hydrogen-bond donors (Lipinski definition) is 1. The molecule has 0 amide bonds. The van der Waals surface area contributed by atoms with Crippen LogP contribution < -0.4 is 0 Å². The topological polar surface area (TPSA) is 50.9 Å². The summed E-state index contributed by atoms with van der Waals surface area (Å²) >= 11 is 0. The van der Waals surface area contributed by atoms with E-state index in [0.717, 1.165) is 23.0 Å². The van der Waals surface area contributed by atoms with E-state index in [4.69, 9.17) is 0 Å². The van der Waals surface area contributed by atoms with Gasteiger partial charge in [-0.2, -0.15) is 0 Å². The summed E-state index contributed by atoms with van der Waals surface area (Å²) in [6.07, 6.45) is 1.02. The third kappa shape index (κ3) is 2.46. The molecule has 0 unspecified atom stereocenters. The highest BCUT2D eigenvalue weighted by Gasteiger charge is 2.39. The van der Waals surface area contributed by atoms with E-state index >= 15 is 0 Å². The molecule has 3 rings (SSSR count). The number of phenolic OH excluding ortho intramolecular Hbond substituents is 1. The quantitative estimate of drug-likeness (QED) is 0.747. The Morgan fingerprint density at radius 1 is 0.917 bits per heavy atom. The lowest BCUT2D eigenvalue weighted by Gasteiger charge is -2.42. The monoisotopic (exact) mass is 323 g/mol. The van der Waals surface area contributed by atoms with Gasteiger partial charge in [-0.15, -0.1) is 15.0 Å². The summed E-state index contributed by atoms with van der Waals surface area (Å²) in [5.74, 6) is 0.254. The van der Waals surface area contributed by atoms with Crippen LogP contribution in [0.2, 0.25) is 0 Å². The van der Waals surface area contributed by atoms with Crippen molar-refractivity contribution in [3.63, 3.8) is 0 Å². The fourth-order valence-corrected chi connectivity index (χ4v) is 2.97. The predicted molar refractivity (Wildman–Crippen MR) is 97.6 cm³/mol. The minimum atomic E-state index is -0.186. The number of benzene rings is 2. The number of aromatic hydroxyl groups is 1. The van der Waals surface area contributed by atoms with Gasteiger partial charge in [-0.3, -0.25) is 0 Å². The van der Waals surface area contributed by atoms with Crippen LogP contribution in [-0.2, 0) is 5.41 Å². The van der Waals surface area contributed by atoms with Crippen LogP contribution in [-0.4, -0.2) is 20.1 Å². The summed E-state index contributed by atoms with van der Waals surface area (Å²) in [5, 5.41) is 20.0. The van der Waals surface area contributed by atoms with Gasteiger partial charge in [0.1, 0.15) is 22.5 Å². The van der Waals surface area contributed by atoms with Gasteiger partial charge in [0, 0.05) is 5.56 Å². The zero-order valence-electron chi connectivity index (χ0n) is 15.0. The highest BCUT2D eigenvalue weighted by Crippen LogP contribution is 2.47. The van der Waals surface area contributed by atoms with Crippen LogP contribution in [0.15, 0.2) is 42.5 Å². The summed E-state index contributed by atoms with van der Waals surface area (Å²) in [7, 11) is 0. The van der Waals surface area contributed by atoms with Crippen LogP contribution in [0.5, 0.6) is 5.75 Å². The second-order valence-electron chi connectivity index (χ2n) is 7.51. The van der Waals surface area contributed by atoms with Crippen molar-refractivity contribution in [2.45, 2.75) is 46.5 Å². The Balaban J connectivity index is 2.15. The van der Waals surface area contributed by atoms with Crippen molar-refractivity contribution >= 4 is 11.0 Å². The van der Waals surface area contributed by atoms with E-state index in [9.17, 15) is 5.11 Å². The Labute approximate surface area is 143 Å². The molecule has 3 aromatic rings. The number of rotatable bonds is 4. The number of fused-ring (bicyclic) bond motifs is 1. The van der Waals surface area contributed by atoms with Crippen molar-refractivity contribution in [1.29, 1.82) is 0 Å². The van der Waals surface area contributed by atoms with E-state index in [1.54, 1.807) is 0 Å². The number of nitrogens with zero attached hydrogens (tertiary/aromatic N) is 3. The molecule has 24 heavy (non-hydrogen) atoms. The average molecular weight is 323 g/mol. The Kier molecular flexibility index (Phi) is 3.86. The molecule has 0 spiro atoms. The van der Waals surface area contributed by atoms with Crippen LogP contribution in [0.1, 0.15) is 46.6 Å². The summed E-state index contributed by atoms with van der Waals surface area (Å²) in [4.78, 5) is 1.53. The summed E-state index contributed by atoms with van der Waals surface area (Å²) in [6, 6.07) is 13.5. The molecule has 0 atom stereocenters. The lowest BCUT2D eigenvalue weighted by atomic mass is 9.62. The average Bonchev–Trinajstić information content (AvgIpc) is 2.98. The lowest BCUT2D eigenvalue weighted by Crippen LogP contribution is -2.36. The van der Waals surface area contributed by atoms with Gasteiger partial charge in [-0.25, -0.2) is 0 Å². The van der Waals surface area contributed by atoms with Crippen molar-refractivity contribution in [2.24, 2.45) is 5.41 Å². The lowest BCUT2D eigenvalue weighted by molar-refractivity contribution is 0.185. The first kappa shape index (κ1) is 16.5. The minimum absolute atomic E-state index is 0.0470. The molecule has 0 saturated heterocycles. The molecule has 0 aliphatic heterocycles. The second-order valence-corrected chi connectivity index (χ2v) is 7.51. The molecule has 2 aromatic carbocycles. The molecular weight excluding hydrogens is 298 g/mol. The van der Waals surface area contributed by atoms with E-state index in [1.807, 2.05) is 42.5 Å². The zero-order valence-corrected chi connectivity index (χ0v) is 15.0. The van der Waals surface area contributed by atoms with Crippen molar-refractivity contribution < 1.29 is 5.11 Å². The molecule has 4 nitrogen and oxygen atoms in total. The third-order valence-electron chi connectivity index (χ3n) is 5.77. The molecule has 1 aromatic heterocycles. The Bertz CT molecular complexity index is 844. The second kappa shape index (κ2) is 5.62. The van der Waals surface area contributed by atoms with E-state index in [2.05, 4.69) is 44.8 Å². The molecule has 1 N–H and O–H groups in total. The zero-order chi connectivity index (χ0) is 17.5. The van der Waals surface area contributed by atoms with Crippen LogP contribution >= 0.6 is 0 Å². The Hall–Kier alpha value is -2.36. The van der Waals surface area contributed by atoms with E-state index in [1.165, 1.54) is 4.80 Å². The van der Waals surface area contributed by atoms with Gasteiger partial charge in [0.15, 0.2) is 0 Å². The molecule has 0 saturated carbocycles. The van der Waals surface area contributed by atoms with E-state index < -0.39 is 0 Å². The molecule has 0 bridgehead atoms. The SMILES string of the molecule is CCC(C)(C)C(C)(C)c1cccc(-n2nc3ccccc3n2)c1O. The van der Waals surface area contributed by atoms with E-state index in [0.29, 0.717) is 5.69 Å². The van der Waals surface area contributed by atoms with E-state index in [-0.39, 0.29) is 16.6 Å². The molecule has 0 aliphatic rings. The Morgan fingerprint density at radius 3 is 2.04 bits per heavy atom.